The average molecular weight is 322 g/mol. The molecule has 1 aromatic carbocycles. The number of methoxy groups -OCH3 is 1. The van der Waals surface area contributed by atoms with Crippen LogP contribution in [0.3, 0.4) is 0 Å². The number of nitrogens with zero attached hydrogens (tertiary/aromatic N) is 4. The van der Waals surface area contributed by atoms with Gasteiger partial charge in [-0.3, -0.25) is 14.5 Å². The Morgan fingerprint density at radius 1 is 1.25 bits per heavy atom. The molecule has 0 spiro atoms. The number of hydrogen-bond acceptors (Lipinski definition) is 4. The topological polar surface area (TPSA) is 60.2 Å². The van der Waals surface area contributed by atoms with E-state index in [-0.39, 0.29) is 12.0 Å². The lowest BCUT2D eigenvalue weighted by Crippen LogP contribution is -2.37. The van der Waals surface area contributed by atoms with Crippen molar-refractivity contribution in [2.24, 2.45) is 0 Å². The van der Waals surface area contributed by atoms with Crippen molar-refractivity contribution < 1.29 is 9.53 Å². The zero-order valence-electron chi connectivity index (χ0n) is 13.4. The van der Waals surface area contributed by atoms with Gasteiger partial charge in [-0.05, 0) is 18.2 Å². The van der Waals surface area contributed by atoms with Gasteiger partial charge < -0.3 is 9.64 Å². The lowest BCUT2D eigenvalue weighted by Gasteiger charge is -2.23. The molecule has 2 aromatic heterocycles. The zero-order valence-corrected chi connectivity index (χ0v) is 13.4. The first kappa shape index (κ1) is 14.8. The molecular formula is C18H18N4O2. The van der Waals surface area contributed by atoms with Crippen LogP contribution < -0.4 is 0 Å². The second-order valence-corrected chi connectivity index (χ2v) is 5.96. The maximum absolute atomic E-state index is 13.0. The summed E-state index contributed by atoms with van der Waals surface area (Å²) in [7, 11) is 1.67. The summed E-state index contributed by atoms with van der Waals surface area (Å²) in [5.74, 6) is -0.0371. The molecule has 122 valence electrons. The number of fused-ring (bicyclic) bond motifs is 2. The summed E-state index contributed by atoms with van der Waals surface area (Å²) in [6.45, 7) is 1.70. The van der Waals surface area contributed by atoms with Gasteiger partial charge in [-0.1, -0.05) is 18.2 Å². The maximum atomic E-state index is 13.0. The second-order valence-electron chi connectivity index (χ2n) is 5.96. The second kappa shape index (κ2) is 6.05. The number of amides is 1. The monoisotopic (exact) mass is 322 g/mol. The molecule has 3 heterocycles. The first-order valence-corrected chi connectivity index (χ1v) is 7.92. The van der Waals surface area contributed by atoms with Crippen molar-refractivity contribution in [2.45, 2.75) is 19.2 Å². The Bertz CT molecular complexity index is 889. The third kappa shape index (κ3) is 2.65. The van der Waals surface area contributed by atoms with E-state index in [1.807, 2.05) is 41.1 Å². The molecule has 0 N–H and O–H groups in total. The molecule has 3 aromatic rings. The largest absolute Gasteiger partial charge is 0.378 e. The number of hydrogen-bond donors (Lipinski definition) is 0. The molecule has 0 saturated carbocycles. The third-order valence-corrected chi connectivity index (χ3v) is 4.42. The van der Waals surface area contributed by atoms with Gasteiger partial charge in [0.2, 0.25) is 0 Å². The maximum Gasteiger partial charge on any atom is 0.255 e. The number of benzene rings is 1. The van der Waals surface area contributed by atoms with Gasteiger partial charge in [0.05, 0.1) is 36.0 Å². The van der Waals surface area contributed by atoms with Gasteiger partial charge >= 0.3 is 0 Å². The fourth-order valence-electron chi connectivity index (χ4n) is 3.09. The van der Waals surface area contributed by atoms with Crippen LogP contribution in [-0.2, 0) is 17.8 Å². The van der Waals surface area contributed by atoms with Crippen molar-refractivity contribution >= 4 is 16.8 Å². The third-order valence-electron chi connectivity index (χ3n) is 4.42. The molecule has 6 heteroatoms. The smallest absolute Gasteiger partial charge is 0.255 e. The molecule has 24 heavy (non-hydrogen) atoms. The van der Waals surface area contributed by atoms with Crippen molar-refractivity contribution in [3.05, 3.63) is 60.0 Å². The SMILES string of the molecule is CO[C@H]1CN(C(=O)c2cnc3ccccc3c2)Cc2ccnn2C1. The van der Waals surface area contributed by atoms with Gasteiger partial charge in [-0.25, -0.2) is 0 Å². The minimum atomic E-state index is -0.0801. The van der Waals surface area contributed by atoms with E-state index in [9.17, 15) is 4.79 Å². The van der Waals surface area contributed by atoms with Crippen molar-refractivity contribution in [1.82, 2.24) is 19.7 Å². The Kier molecular flexibility index (Phi) is 3.74. The summed E-state index contributed by atoms with van der Waals surface area (Å²) in [4.78, 5) is 19.2. The van der Waals surface area contributed by atoms with Crippen LogP contribution in [0.5, 0.6) is 0 Å². The van der Waals surface area contributed by atoms with Gasteiger partial charge in [0.25, 0.3) is 5.91 Å². The first-order chi connectivity index (χ1) is 11.7. The number of pyridine rings is 1. The van der Waals surface area contributed by atoms with E-state index in [1.165, 1.54) is 0 Å². The van der Waals surface area contributed by atoms with E-state index in [4.69, 9.17) is 4.74 Å². The predicted octanol–water partition coefficient (Wildman–Crippen LogP) is 2.10. The molecule has 0 aliphatic carbocycles. The fraction of sp³-hybridized carbons (Fsp3) is 0.278. The summed E-state index contributed by atoms with van der Waals surface area (Å²) >= 11 is 0. The van der Waals surface area contributed by atoms with Crippen LogP contribution in [0.25, 0.3) is 10.9 Å². The summed E-state index contributed by atoms with van der Waals surface area (Å²) in [6.07, 6.45) is 3.32. The lowest BCUT2D eigenvalue weighted by molar-refractivity contribution is 0.0450. The molecule has 0 bridgehead atoms. The summed E-state index contributed by atoms with van der Waals surface area (Å²) < 4.78 is 7.42. The number of para-hydroxylation sites is 1. The van der Waals surface area contributed by atoms with E-state index in [0.29, 0.717) is 25.2 Å². The molecule has 1 amide bonds. The summed E-state index contributed by atoms with van der Waals surface area (Å²) in [5, 5.41) is 5.27. The van der Waals surface area contributed by atoms with Crippen molar-refractivity contribution in [2.75, 3.05) is 13.7 Å². The van der Waals surface area contributed by atoms with Gasteiger partial charge in [0.15, 0.2) is 0 Å². The average Bonchev–Trinajstić information content (AvgIpc) is 2.98. The zero-order chi connectivity index (χ0) is 16.5. The van der Waals surface area contributed by atoms with Crippen molar-refractivity contribution in [3.8, 4) is 0 Å². The van der Waals surface area contributed by atoms with E-state index in [1.54, 1.807) is 24.4 Å². The van der Waals surface area contributed by atoms with Gasteiger partial charge in [0.1, 0.15) is 0 Å². The Hall–Kier alpha value is -2.73. The highest BCUT2D eigenvalue weighted by molar-refractivity contribution is 5.97. The predicted molar refractivity (Wildman–Crippen MR) is 89.5 cm³/mol. The van der Waals surface area contributed by atoms with E-state index in [0.717, 1.165) is 16.6 Å². The Morgan fingerprint density at radius 2 is 2.12 bits per heavy atom. The summed E-state index contributed by atoms with van der Waals surface area (Å²) in [5.41, 5.74) is 2.49. The number of aromatic nitrogens is 3. The lowest BCUT2D eigenvalue weighted by atomic mass is 10.1. The molecule has 0 unspecified atom stereocenters. The molecule has 1 atom stereocenters. The highest BCUT2D eigenvalue weighted by Gasteiger charge is 2.26. The van der Waals surface area contributed by atoms with Crippen LogP contribution in [0.15, 0.2) is 48.8 Å². The molecule has 4 rings (SSSR count). The van der Waals surface area contributed by atoms with Gasteiger partial charge in [0, 0.05) is 31.4 Å². The Labute approximate surface area is 139 Å². The van der Waals surface area contributed by atoms with E-state index in [2.05, 4.69) is 10.1 Å². The minimum absolute atomic E-state index is 0.0371. The Balaban J connectivity index is 1.66. The van der Waals surface area contributed by atoms with E-state index >= 15 is 0 Å². The number of carbonyl (C=O) groups is 1. The molecular weight excluding hydrogens is 304 g/mol. The molecule has 0 radical (unpaired) electrons. The number of ether oxygens (including phenoxy) is 1. The van der Waals surface area contributed by atoms with Crippen LogP contribution in [0.2, 0.25) is 0 Å². The van der Waals surface area contributed by atoms with Crippen LogP contribution in [0.4, 0.5) is 0 Å². The van der Waals surface area contributed by atoms with Crippen molar-refractivity contribution in [1.29, 1.82) is 0 Å². The van der Waals surface area contributed by atoms with E-state index < -0.39 is 0 Å². The first-order valence-electron chi connectivity index (χ1n) is 7.92. The Morgan fingerprint density at radius 3 is 3.00 bits per heavy atom. The number of rotatable bonds is 2. The highest BCUT2D eigenvalue weighted by atomic mass is 16.5. The van der Waals surface area contributed by atoms with Crippen LogP contribution in [-0.4, -0.2) is 45.3 Å². The van der Waals surface area contributed by atoms with Crippen LogP contribution in [0, 0.1) is 0 Å². The van der Waals surface area contributed by atoms with Gasteiger partial charge in [-0.2, -0.15) is 5.10 Å². The minimum Gasteiger partial charge on any atom is -0.378 e. The standard InChI is InChI=1S/C18H18N4O2/c1-24-16-11-21(10-15-6-7-20-22(15)12-16)18(23)14-8-13-4-2-3-5-17(13)19-9-14/h2-9,16H,10-12H2,1H3/t16-/m0/s1. The summed E-state index contributed by atoms with van der Waals surface area (Å²) in [6, 6.07) is 11.6. The van der Waals surface area contributed by atoms with Crippen LogP contribution >= 0.6 is 0 Å². The van der Waals surface area contributed by atoms with Gasteiger partial charge in [-0.15, -0.1) is 0 Å². The molecule has 0 saturated heterocycles. The molecule has 0 fully saturated rings. The van der Waals surface area contributed by atoms with Crippen molar-refractivity contribution in [3.63, 3.8) is 0 Å². The fourth-order valence-corrected chi connectivity index (χ4v) is 3.09. The van der Waals surface area contributed by atoms with Crippen LogP contribution in [0.1, 0.15) is 16.1 Å². The number of carbonyl (C=O) groups excluding carboxylic acids is 1. The normalized spacial score (nSPS) is 17.5. The molecule has 1 aliphatic rings. The molecule has 6 nitrogen and oxygen atoms in total. The quantitative estimate of drug-likeness (QED) is 0.725. The molecule has 1 aliphatic heterocycles. The highest BCUT2D eigenvalue weighted by Crippen LogP contribution is 2.18.